The maximum absolute atomic E-state index is 12.2. The highest BCUT2D eigenvalue weighted by Gasteiger charge is 2.44. The highest BCUT2D eigenvalue weighted by atomic mass is 32.2. The molecule has 0 saturated heterocycles. The number of sulfone groups is 2. The van der Waals surface area contributed by atoms with Gasteiger partial charge in [-0.15, -0.1) is 0 Å². The fraction of sp³-hybridized carbons (Fsp3) is 0.317. The molecular weight excluding hydrogens is 827 g/mol. The largest absolute Gasteiger partial charge is 0.378 e. The Hall–Kier alpha value is -6.42. The molecule has 0 spiro atoms. The van der Waals surface area contributed by atoms with Gasteiger partial charge >= 0.3 is 0 Å². The van der Waals surface area contributed by atoms with Gasteiger partial charge in [0.2, 0.25) is 0 Å². The number of carbonyl (C=O) groups excluding carboxylic acids is 2. The van der Waals surface area contributed by atoms with Crippen LogP contribution in [0.3, 0.4) is 0 Å². The van der Waals surface area contributed by atoms with E-state index >= 15 is 0 Å². The average molecular weight is 872 g/mol. The number of rotatable bonds is 12. The normalized spacial score (nSPS) is 13.7. The van der Waals surface area contributed by atoms with E-state index in [1.807, 2.05) is 48.5 Å². The lowest BCUT2D eigenvalue weighted by Gasteiger charge is -2.25. The minimum absolute atomic E-state index is 0.0420. The van der Waals surface area contributed by atoms with Gasteiger partial charge in [-0.05, 0) is 106 Å². The maximum Gasteiger partial charge on any atom is 0.264 e. The first-order valence-corrected chi connectivity index (χ1v) is 22.3. The molecule has 0 bridgehead atoms. The van der Waals surface area contributed by atoms with E-state index in [1.165, 1.54) is 24.8 Å². The quantitative estimate of drug-likeness (QED) is 0.0675. The summed E-state index contributed by atoms with van der Waals surface area (Å²) in [4.78, 5) is 25.5. The Bertz CT molecular complexity index is 2920. The summed E-state index contributed by atoms with van der Waals surface area (Å²) in [5.41, 5.74) is 6.92. The van der Waals surface area contributed by atoms with E-state index in [9.17, 15) is 31.5 Å². The third kappa shape index (κ3) is 10.5. The van der Waals surface area contributed by atoms with E-state index < -0.39 is 46.6 Å². The van der Waals surface area contributed by atoms with Crippen molar-refractivity contribution in [3.63, 3.8) is 0 Å². The number of nitrogens with one attached hydrogen (secondary N) is 2. The predicted molar refractivity (Wildman–Crippen MR) is 226 cm³/mol. The number of fused-ring (bicyclic) bond motifs is 2. The molecule has 0 unspecified atom stereocenters. The molecule has 6 aromatic rings. The molecule has 0 saturated carbocycles. The van der Waals surface area contributed by atoms with Crippen LogP contribution >= 0.6 is 0 Å². The Kier molecular flexibility index (Phi) is 13.5. The van der Waals surface area contributed by atoms with Crippen LogP contribution in [0.2, 0.25) is 0 Å². The van der Waals surface area contributed by atoms with Crippen molar-refractivity contribution >= 4 is 53.3 Å². The molecule has 6 rings (SSSR count). The van der Waals surface area contributed by atoms with Gasteiger partial charge in [0.25, 0.3) is 11.8 Å². The summed E-state index contributed by atoms with van der Waals surface area (Å²) >= 11 is 0. The number of hydrogen-bond donors (Lipinski definition) is 5. The first kappa shape index (κ1) is 45.7. The summed E-state index contributed by atoms with van der Waals surface area (Å²) in [5.74, 6) is 8.82. The Balaban J connectivity index is 0.000000232. The number of aryl methyl sites for hydroxylation is 2. The van der Waals surface area contributed by atoms with Crippen LogP contribution in [-0.2, 0) is 42.4 Å². The summed E-state index contributed by atoms with van der Waals surface area (Å²) in [7, 11) is -7.54. The molecule has 5 N–H and O–H groups in total. The Morgan fingerprint density at radius 3 is 1.62 bits per heavy atom. The molecule has 61 heavy (non-hydrogen) atoms. The zero-order chi connectivity index (χ0) is 44.8. The van der Waals surface area contributed by atoms with Crippen molar-refractivity contribution in [3.8, 4) is 40.5 Å². The van der Waals surface area contributed by atoms with E-state index in [1.54, 1.807) is 64.9 Å². The lowest BCUT2D eigenvalue weighted by molar-refractivity contribution is -0.132. The second-order valence-corrected chi connectivity index (χ2v) is 20.0. The molecular formula is C41H45N9O9S2. The topological polar surface area (TPSA) is 254 Å². The minimum atomic E-state index is -3.77. The van der Waals surface area contributed by atoms with Crippen LogP contribution in [0.4, 0.5) is 0 Å². The van der Waals surface area contributed by atoms with Crippen molar-refractivity contribution in [1.29, 1.82) is 0 Å². The van der Waals surface area contributed by atoms with Crippen LogP contribution in [0, 0.1) is 23.7 Å². The molecule has 2 amide bonds. The lowest BCUT2D eigenvalue weighted by Crippen LogP contribution is -2.49. The van der Waals surface area contributed by atoms with Crippen LogP contribution in [0.25, 0.3) is 38.6 Å². The van der Waals surface area contributed by atoms with Gasteiger partial charge in [-0.1, -0.05) is 30.0 Å². The first-order chi connectivity index (χ1) is 28.6. The number of benzene rings is 3. The van der Waals surface area contributed by atoms with E-state index in [-0.39, 0.29) is 25.9 Å². The van der Waals surface area contributed by atoms with Gasteiger partial charge in [0, 0.05) is 41.9 Å². The molecule has 0 aliphatic heterocycles. The van der Waals surface area contributed by atoms with E-state index in [4.69, 9.17) is 10.4 Å². The van der Waals surface area contributed by atoms with E-state index in [0.29, 0.717) is 5.56 Å². The van der Waals surface area contributed by atoms with Crippen molar-refractivity contribution in [2.75, 3.05) is 12.5 Å². The summed E-state index contributed by atoms with van der Waals surface area (Å²) in [6.07, 6.45) is 8.38. The van der Waals surface area contributed by atoms with Gasteiger partial charge < -0.3 is 5.11 Å². The van der Waals surface area contributed by atoms with Crippen LogP contribution < -0.4 is 11.0 Å². The maximum atomic E-state index is 12.2. The molecule has 0 fully saturated rings. The summed E-state index contributed by atoms with van der Waals surface area (Å²) in [6, 6.07) is 19.1. The fourth-order valence-electron chi connectivity index (χ4n) is 6.02. The first-order valence-electron chi connectivity index (χ1n) is 18.5. The van der Waals surface area contributed by atoms with Gasteiger partial charge in [0.15, 0.2) is 29.2 Å². The number of hydrogen-bond acceptors (Lipinski definition) is 13. The Morgan fingerprint density at radius 1 is 0.672 bits per heavy atom. The molecule has 3 heterocycles. The number of amides is 2. The summed E-state index contributed by atoms with van der Waals surface area (Å²) < 4.78 is 48.1. The molecule has 320 valence electrons. The summed E-state index contributed by atoms with van der Waals surface area (Å²) in [6.45, 7) is 6.04. The second-order valence-electron chi connectivity index (χ2n) is 15.1. The van der Waals surface area contributed by atoms with E-state index in [2.05, 4.69) is 44.1 Å². The van der Waals surface area contributed by atoms with Gasteiger partial charge in [-0.2, -0.15) is 25.2 Å². The second kappa shape index (κ2) is 18.1. The molecule has 18 nitrogen and oxygen atoms in total. The molecule has 20 heteroatoms. The van der Waals surface area contributed by atoms with Crippen molar-refractivity contribution in [1.82, 2.24) is 45.5 Å². The Morgan fingerprint density at radius 2 is 1.15 bits per heavy atom. The van der Waals surface area contributed by atoms with Crippen molar-refractivity contribution in [2.45, 2.75) is 68.7 Å². The van der Waals surface area contributed by atoms with Gasteiger partial charge in [-0.3, -0.25) is 29.4 Å². The Labute approximate surface area is 352 Å². The third-order valence-electron chi connectivity index (χ3n) is 10.2. The standard InChI is InChI=1S/C21H22N6O4S.C20H23N3O5S/c1-21(20(28)25-29,32(2,30)31)9-12-26-19-8-5-16(13-17(19)14-24-26)15-3-6-18(7-4-15)27-22-10-11-23-27;1-19(2,25)10-6-5-7-15-8-9-17-16(13-15)14-21-23(17)12-11-20(3,18(24)22-26)29(4,27)28/h3-8,10-11,13-14,29H,9,12H2,1-2H3,(H,25,28);8-9,13-14,25-26H,11-12H2,1-4H3,(H,22,24)/t21-;20-/m11/s1. The lowest BCUT2D eigenvalue weighted by atomic mass is 10.0. The SMILES string of the molecule is CC(C)(O)C#CC#Cc1ccc2c(cnn2CC[C@](C)(C(=O)NO)S(C)(=O)=O)c1.C[C@@](CCn1ncc2cc(-c3ccc(-n4nccn4)cc3)ccc21)(C(=O)NO)S(C)(=O)=O. The van der Waals surface area contributed by atoms with Crippen molar-refractivity contribution in [2.24, 2.45) is 0 Å². The highest BCUT2D eigenvalue weighted by molar-refractivity contribution is 7.93. The van der Waals surface area contributed by atoms with Crippen LogP contribution in [0.1, 0.15) is 46.1 Å². The minimum Gasteiger partial charge on any atom is -0.378 e. The highest BCUT2D eigenvalue weighted by Crippen LogP contribution is 2.28. The molecule has 3 aromatic heterocycles. The van der Waals surface area contributed by atoms with Gasteiger partial charge in [0.1, 0.15) is 5.60 Å². The van der Waals surface area contributed by atoms with E-state index in [0.717, 1.165) is 51.1 Å². The third-order valence-corrected chi connectivity index (χ3v) is 14.2. The number of aliphatic hydroxyl groups is 1. The smallest absolute Gasteiger partial charge is 0.264 e. The van der Waals surface area contributed by atoms with Crippen molar-refractivity contribution < 1.29 is 41.9 Å². The number of hydroxylamine groups is 2. The van der Waals surface area contributed by atoms with Gasteiger partial charge in [-0.25, -0.2) is 27.8 Å². The summed E-state index contributed by atoms with van der Waals surface area (Å²) in [5, 5.41) is 45.9. The molecule has 2 atom stereocenters. The van der Waals surface area contributed by atoms with Crippen molar-refractivity contribution in [3.05, 3.63) is 91.0 Å². The van der Waals surface area contributed by atoms with Gasteiger partial charge in [0.05, 0.1) is 41.5 Å². The fourth-order valence-corrected chi connectivity index (χ4v) is 7.71. The molecule has 0 aliphatic carbocycles. The molecule has 0 aliphatic rings. The molecule has 3 aromatic carbocycles. The predicted octanol–water partition coefficient (Wildman–Crippen LogP) is 2.84. The van der Waals surface area contributed by atoms with Crippen LogP contribution in [-0.4, -0.2) is 106 Å². The van der Waals surface area contributed by atoms with Crippen LogP contribution in [0.15, 0.2) is 85.5 Å². The number of nitrogens with zero attached hydrogens (tertiary/aromatic N) is 7. The molecule has 0 radical (unpaired) electrons. The zero-order valence-corrected chi connectivity index (χ0v) is 35.8. The number of aromatic nitrogens is 7. The monoisotopic (exact) mass is 871 g/mol. The average Bonchev–Trinajstić information content (AvgIpc) is 3.99. The van der Waals surface area contributed by atoms with Crippen LogP contribution in [0.5, 0.6) is 0 Å². The number of carbonyl (C=O) groups is 2. The zero-order valence-electron chi connectivity index (χ0n) is 34.1.